The van der Waals surface area contributed by atoms with Crippen LogP contribution in [0.15, 0.2) is 35.2 Å². The number of aromatic nitrogens is 2. The van der Waals surface area contributed by atoms with Crippen LogP contribution in [0.25, 0.3) is 0 Å². The van der Waals surface area contributed by atoms with Gasteiger partial charge in [-0.2, -0.15) is 0 Å². The third-order valence-corrected chi connectivity index (χ3v) is 4.16. The van der Waals surface area contributed by atoms with Crippen molar-refractivity contribution in [3.8, 4) is 0 Å². The zero-order valence-corrected chi connectivity index (χ0v) is 15.0. The van der Waals surface area contributed by atoms with Gasteiger partial charge in [0.1, 0.15) is 17.8 Å². The molecule has 2 amide bonds. The van der Waals surface area contributed by atoms with Crippen LogP contribution in [0, 0.1) is 5.92 Å². The topological polar surface area (TPSA) is 91.6 Å². The van der Waals surface area contributed by atoms with Crippen molar-refractivity contribution in [2.45, 2.75) is 13.8 Å². The van der Waals surface area contributed by atoms with E-state index in [-0.39, 0.29) is 11.8 Å². The Balaban J connectivity index is 1.58. The maximum Gasteiger partial charge on any atom is 0.289 e. The third kappa shape index (κ3) is 4.19. The van der Waals surface area contributed by atoms with Crippen LogP contribution in [0.2, 0.25) is 0 Å². The summed E-state index contributed by atoms with van der Waals surface area (Å²) in [7, 11) is 0. The molecule has 1 saturated heterocycles. The maximum atomic E-state index is 12.7. The number of carbonyl (C=O) groups excluding carboxylic acids is 2. The summed E-state index contributed by atoms with van der Waals surface area (Å²) in [5, 5.41) is 3.19. The number of rotatable bonds is 5. The summed E-state index contributed by atoms with van der Waals surface area (Å²) in [6.07, 6.45) is 2.87. The lowest BCUT2D eigenvalue weighted by Gasteiger charge is -2.34. The van der Waals surface area contributed by atoms with Gasteiger partial charge in [-0.3, -0.25) is 9.59 Å². The zero-order chi connectivity index (χ0) is 18.5. The van der Waals surface area contributed by atoms with Crippen LogP contribution in [0.4, 0.5) is 5.82 Å². The van der Waals surface area contributed by atoms with Crippen molar-refractivity contribution in [2.24, 2.45) is 5.92 Å². The molecule has 0 aromatic carbocycles. The average Bonchev–Trinajstić information content (AvgIpc) is 3.20. The number of furan rings is 1. The van der Waals surface area contributed by atoms with E-state index in [0.29, 0.717) is 49.4 Å². The van der Waals surface area contributed by atoms with Gasteiger partial charge in [-0.25, -0.2) is 9.97 Å². The van der Waals surface area contributed by atoms with Crippen LogP contribution in [-0.4, -0.2) is 64.3 Å². The van der Waals surface area contributed by atoms with Gasteiger partial charge < -0.3 is 19.5 Å². The summed E-state index contributed by atoms with van der Waals surface area (Å²) in [5.41, 5.74) is 0.358. The van der Waals surface area contributed by atoms with E-state index in [4.69, 9.17) is 4.42 Å². The van der Waals surface area contributed by atoms with E-state index in [9.17, 15) is 9.59 Å². The summed E-state index contributed by atoms with van der Waals surface area (Å²) < 4.78 is 5.15. The highest BCUT2D eigenvalue weighted by Gasteiger charge is 2.27. The first-order valence-electron chi connectivity index (χ1n) is 8.72. The van der Waals surface area contributed by atoms with Crippen molar-refractivity contribution in [3.63, 3.8) is 0 Å². The fourth-order valence-corrected chi connectivity index (χ4v) is 2.71. The summed E-state index contributed by atoms with van der Waals surface area (Å²) in [4.78, 5) is 36.6. The van der Waals surface area contributed by atoms with Crippen LogP contribution in [-0.2, 0) is 0 Å². The van der Waals surface area contributed by atoms with Gasteiger partial charge in [0.05, 0.1) is 6.26 Å². The highest BCUT2D eigenvalue weighted by Crippen LogP contribution is 2.13. The molecule has 0 unspecified atom stereocenters. The van der Waals surface area contributed by atoms with Gasteiger partial charge in [0.2, 0.25) is 0 Å². The molecule has 1 fully saturated rings. The number of hydrogen-bond acceptors (Lipinski definition) is 6. The van der Waals surface area contributed by atoms with Crippen LogP contribution in [0.3, 0.4) is 0 Å². The zero-order valence-electron chi connectivity index (χ0n) is 15.0. The number of carbonyl (C=O) groups is 2. The molecule has 1 aliphatic rings. The number of nitrogens with zero attached hydrogens (tertiary/aromatic N) is 4. The van der Waals surface area contributed by atoms with E-state index in [0.717, 1.165) is 6.54 Å². The van der Waals surface area contributed by atoms with E-state index in [1.807, 2.05) is 0 Å². The Morgan fingerprint density at radius 2 is 1.85 bits per heavy atom. The molecule has 2 aromatic heterocycles. The standard InChI is InChI=1S/C18H23N5O3/c1-13(2)11-19-16-10-14(20-12-21-16)17(24)22-5-7-23(8-6-22)18(25)15-4-3-9-26-15/h3-4,9-10,12-13H,5-8,11H2,1-2H3,(H,19,20,21). The van der Waals surface area contributed by atoms with Gasteiger partial charge in [-0.05, 0) is 18.1 Å². The van der Waals surface area contributed by atoms with Gasteiger partial charge in [-0.15, -0.1) is 0 Å². The van der Waals surface area contributed by atoms with E-state index in [1.54, 1.807) is 28.0 Å². The molecule has 26 heavy (non-hydrogen) atoms. The molecule has 0 atom stereocenters. The fraction of sp³-hybridized carbons (Fsp3) is 0.444. The molecule has 0 bridgehead atoms. The van der Waals surface area contributed by atoms with Crippen LogP contribution in [0.1, 0.15) is 34.9 Å². The number of piperazine rings is 1. The molecule has 3 heterocycles. The second kappa shape index (κ2) is 7.99. The van der Waals surface area contributed by atoms with Crippen molar-refractivity contribution in [3.05, 3.63) is 42.2 Å². The average molecular weight is 357 g/mol. The van der Waals surface area contributed by atoms with E-state index in [2.05, 4.69) is 29.1 Å². The van der Waals surface area contributed by atoms with Crippen LogP contribution in [0.5, 0.6) is 0 Å². The Kier molecular flexibility index (Phi) is 5.50. The quantitative estimate of drug-likeness (QED) is 0.876. The molecule has 3 rings (SSSR count). The maximum absolute atomic E-state index is 12.7. The highest BCUT2D eigenvalue weighted by molar-refractivity contribution is 5.94. The number of amides is 2. The monoisotopic (exact) mass is 357 g/mol. The Morgan fingerprint density at radius 1 is 1.15 bits per heavy atom. The second-order valence-corrected chi connectivity index (χ2v) is 6.62. The first-order valence-corrected chi connectivity index (χ1v) is 8.72. The minimum Gasteiger partial charge on any atom is -0.459 e. The molecular weight excluding hydrogens is 334 g/mol. The van der Waals surface area contributed by atoms with Gasteiger partial charge >= 0.3 is 0 Å². The molecule has 0 radical (unpaired) electrons. The molecule has 0 saturated carbocycles. The summed E-state index contributed by atoms with van der Waals surface area (Å²) in [6.45, 7) is 6.84. The Labute approximate surface area is 152 Å². The first-order chi connectivity index (χ1) is 12.5. The molecule has 2 aromatic rings. The van der Waals surface area contributed by atoms with E-state index < -0.39 is 0 Å². The third-order valence-electron chi connectivity index (χ3n) is 4.16. The lowest BCUT2D eigenvalue weighted by atomic mass is 10.2. The second-order valence-electron chi connectivity index (χ2n) is 6.62. The molecule has 1 N–H and O–H groups in total. The number of anilines is 1. The SMILES string of the molecule is CC(C)CNc1cc(C(=O)N2CCN(C(=O)c3ccco3)CC2)ncn1. The summed E-state index contributed by atoms with van der Waals surface area (Å²) in [5.74, 6) is 1.14. The lowest BCUT2D eigenvalue weighted by Crippen LogP contribution is -2.50. The predicted molar refractivity (Wildman–Crippen MR) is 95.9 cm³/mol. The van der Waals surface area contributed by atoms with Crippen molar-refractivity contribution < 1.29 is 14.0 Å². The van der Waals surface area contributed by atoms with Crippen molar-refractivity contribution >= 4 is 17.6 Å². The highest BCUT2D eigenvalue weighted by atomic mass is 16.3. The summed E-state index contributed by atoms with van der Waals surface area (Å²) >= 11 is 0. The van der Waals surface area contributed by atoms with Gasteiger partial charge in [0.25, 0.3) is 11.8 Å². The Morgan fingerprint density at radius 3 is 2.46 bits per heavy atom. The van der Waals surface area contributed by atoms with Crippen LogP contribution >= 0.6 is 0 Å². The summed E-state index contributed by atoms with van der Waals surface area (Å²) in [6, 6.07) is 5.00. The normalized spacial score (nSPS) is 14.6. The van der Waals surface area contributed by atoms with E-state index in [1.165, 1.54) is 12.6 Å². The van der Waals surface area contributed by atoms with E-state index >= 15 is 0 Å². The van der Waals surface area contributed by atoms with Gasteiger partial charge in [0.15, 0.2) is 5.76 Å². The smallest absolute Gasteiger partial charge is 0.289 e. The van der Waals surface area contributed by atoms with Gasteiger partial charge in [0, 0.05) is 38.8 Å². The van der Waals surface area contributed by atoms with Crippen molar-refractivity contribution in [1.82, 2.24) is 19.8 Å². The largest absolute Gasteiger partial charge is 0.459 e. The number of nitrogens with one attached hydrogen (secondary N) is 1. The van der Waals surface area contributed by atoms with Gasteiger partial charge in [-0.1, -0.05) is 13.8 Å². The minimum atomic E-state index is -0.149. The predicted octanol–water partition coefficient (Wildman–Crippen LogP) is 1.74. The minimum absolute atomic E-state index is 0.148. The van der Waals surface area contributed by atoms with Crippen molar-refractivity contribution in [1.29, 1.82) is 0 Å². The molecule has 0 spiro atoms. The molecule has 1 aliphatic heterocycles. The number of hydrogen-bond donors (Lipinski definition) is 1. The molecule has 8 heteroatoms. The molecule has 0 aliphatic carbocycles. The van der Waals surface area contributed by atoms with Crippen LogP contribution < -0.4 is 5.32 Å². The Hall–Kier alpha value is -2.90. The molecular formula is C18H23N5O3. The fourth-order valence-electron chi connectivity index (χ4n) is 2.71. The first kappa shape index (κ1) is 17.9. The Bertz CT molecular complexity index is 752. The lowest BCUT2D eigenvalue weighted by molar-refractivity contribution is 0.0515. The van der Waals surface area contributed by atoms with Crippen molar-refractivity contribution in [2.75, 3.05) is 38.0 Å². The molecule has 138 valence electrons. The molecule has 8 nitrogen and oxygen atoms in total.